The molecule has 0 saturated heterocycles. The number of carbonyl (C=O) groups excluding carboxylic acids is 1. The molecule has 2 aromatic rings. The number of hydrogen-bond acceptors (Lipinski definition) is 3. The molecule has 0 amide bonds. The van der Waals surface area contributed by atoms with Gasteiger partial charge in [0, 0.05) is 17.5 Å². The summed E-state index contributed by atoms with van der Waals surface area (Å²) in [6, 6.07) is 9.80. The Morgan fingerprint density at radius 2 is 1.85 bits per heavy atom. The molecular weight excluding hydrogens is 248 g/mol. The molecule has 1 aromatic carbocycles. The number of benzene rings is 1. The van der Waals surface area contributed by atoms with Crippen LogP contribution in [-0.4, -0.2) is 29.8 Å². The number of fused-ring (bicyclic) bond motifs is 1. The lowest BCUT2D eigenvalue weighted by atomic mass is 9.95. The number of likely N-dealkylation sites (N-methyl/N-ethyl adjacent to an activating group) is 1. The second-order valence-corrected chi connectivity index (χ2v) is 5.38. The van der Waals surface area contributed by atoms with Crippen molar-refractivity contribution in [3.8, 4) is 0 Å². The van der Waals surface area contributed by atoms with Crippen molar-refractivity contribution in [1.29, 1.82) is 0 Å². The van der Waals surface area contributed by atoms with Gasteiger partial charge in [-0.3, -0.25) is 14.7 Å². The summed E-state index contributed by atoms with van der Waals surface area (Å²) >= 11 is 0. The van der Waals surface area contributed by atoms with Crippen LogP contribution in [0.4, 0.5) is 0 Å². The Kier molecular flexibility index (Phi) is 5.40. The van der Waals surface area contributed by atoms with Crippen molar-refractivity contribution in [2.45, 2.75) is 27.3 Å². The van der Waals surface area contributed by atoms with E-state index >= 15 is 0 Å². The number of pyridine rings is 1. The van der Waals surface area contributed by atoms with Gasteiger partial charge in [0.15, 0.2) is 5.78 Å². The van der Waals surface area contributed by atoms with Gasteiger partial charge < -0.3 is 0 Å². The van der Waals surface area contributed by atoms with Crippen LogP contribution >= 0.6 is 0 Å². The second kappa shape index (κ2) is 6.62. The van der Waals surface area contributed by atoms with E-state index in [0.29, 0.717) is 0 Å². The fourth-order valence-electron chi connectivity index (χ4n) is 2.27. The van der Waals surface area contributed by atoms with Gasteiger partial charge in [0.1, 0.15) is 0 Å². The Bertz CT molecular complexity index is 590. The molecule has 3 heteroatoms. The smallest absolute Gasteiger partial charge is 0.157 e. The predicted molar refractivity (Wildman–Crippen MR) is 84.7 cm³/mol. The van der Waals surface area contributed by atoms with Crippen LogP contribution in [0.5, 0.6) is 0 Å². The molecule has 0 spiro atoms. The van der Waals surface area contributed by atoms with Gasteiger partial charge in [-0.15, -0.1) is 0 Å². The normalized spacial score (nSPS) is 12.5. The Hall–Kier alpha value is -1.74. The minimum atomic E-state index is -0.225. The monoisotopic (exact) mass is 272 g/mol. The van der Waals surface area contributed by atoms with Crippen molar-refractivity contribution < 1.29 is 4.79 Å². The summed E-state index contributed by atoms with van der Waals surface area (Å²) in [7, 11) is 3.86. The van der Waals surface area contributed by atoms with E-state index in [1.165, 1.54) is 0 Å². The van der Waals surface area contributed by atoms with E-state index in [1.807, 2.05) is 63.3 Å². The van der Waals surface area contributed by atoms with E-state index in [-0.39, 0.29) is 25.2 Å². The maximum atomic E-state index is 12.4. The Labute approximate surface area is 121 Å². The Morgan fingerprint density at radius 1 is 1.20 bits per heavy atom. The van der Waals surface area contributed by atoms with Crippen LogP contribution in [0.15, 0.2) is 36.5 Å². The topological polar surface area (TPSA) is 33.2 Å². The van der Waals surface area contributed by atoms with Crippen LogP contribution in [0.25, 0.3) is 10.9 Å². The average Bonchev–Trinajstić information content (AvgIpc) is 2.38. The quantitative estimate of drug-likeness (QED) is 0.851. The molecule has 1 atom stereocenters. The van der Waals surface area contributed by atoms with Gasteiger partial charge in [0.2, 0.25) is 0 Å². The summed E-state index contributed by atoms with van der Waals surface area (Å²) in [6.07, 6.45) is 1.81. The Morgan fingerprint density at radius 3 is 2.45 bits per heavy atom. The third-order valence-corrected chi connectivity index (χ3v) is 3.28. The van der Waals surface area contributed by atoms with Crippen LogP contribution in [0.2, 0.25) is 0 Å². The highest BCUT2D eigenvalue weighted by Gasteiger charge is 2.25. The molecule has 0 aliphatic heterocycles. The number of para-hydroxylation sites is 1. The molecule has 0 aliphatic carbocycles. The fraction of sp³-hybridized carbons (Fsp3) is 0.412. The first kappa shape index (κ1) is 16.3. The van der Waals surface area contributed by atoms with Crippen molar-refractivity contribution in [3.63, 3.8) is 0 Å². The molecule has 2 rings (SSSR count). The third kappa shape index (κ3) is 3.23. The highest BCUT2D eigenvalue weighted by molar-refractivity contribution is 5.88. The van der Waals surface area contributed by atoms with Crippen LogP contribution in [-0.2, 0) is 4.79 Å². The molecule has 3 nitrogen and oxygen atoms in total. The fourth-order valence-corrected chi connectivity index (χ4v) is 2.27. The zero-order valence-electron chi connectivity index (χ0n) is 11.9. The van der Waals surface area contributed by atoms with Gasteiger partial charge in [-0.2, -0.15) is 0 Å². The van der Waals surface area contributed by atoms with Crippen molar-refractivity contribution in [2.24, 2.45) is 5.92 Å². The van der Waals surface area contributed by atoms with Crippen molar-refractivity contribution in [1.82, 2.24) is 9.88 Å². The molecular formula is C17H24N2O. The maximum Gasteiger partial charge on any atom is 0.157 e. The van der Waals surface area contributed by atoms with Gasteiger partial charge in [0.25, 0.3) is 0 Å². The first-order valence-corrected chi connectivity index (χ1v) is 6.55. The van der Waals surface area contributed by atoms with Crippen molar-refractivity contribution in [2.75, 3.05) is 14.1 Å². The van der Waals surface area contributed by atoms with Crippen molar-refractivity contribution >= 4 is 16.7 Å². The third-order valence-electron chi connectivity index (χ3n) is 3.28. The van der Waals surface area contributed by atoms with E-state index in [2.05, 4.69) is 11.1 Å². The summed E-state index contributed by atoms with van der Waals surface area (Å²) in [4.78, 5) is 18.8. The molecule has 20 heavy (non-hydrogen) atoms. The number of aromatic nitrogens is 1. The van der Waals surface area contributed by atoms with E-state index in [9.17, 15) is 4.79 Å². The standard InChI is InChI=1S/C16H20N2O.CH4/c1-11(2)16(19)15(18(3)4)13-9-12-7-5-6-8-14(12)17-10-13;/h5-11,15H,1-4H3;1H4. The zero-order chi connectivity index (χ0) is 14.0. The summed E-state index contributed by atoms with van der Waals surface area (Å²) in [6.45, 7) is 3.88. The number of rotatable bonds is 4. The molecule has 0 bridgehead atoms. The van der Waals surface area contributed by atoms with E-state index in [1.54, 1.807) is 0 Å². The molecule has 0 aliphatic rings. The number of ketones is 1. The maximum absolute atomic E-state index is 12.4. The summed E-state index contributed by atoms with van der Waals surface area (Å²) in [5.74, 6) is 0.237. The molecule has 108 valence electrons. The average molecular weight is 272 g/mol. The number of Topliss-reactive ketones (excluding diaryl/α,β-unsaturated/α-hetero) is 1. The SMILES string of the molecule is C.CC(C)C(=O)C(c1cnc2ccccc2c1)N(C)C. The highest BCUT2D eigenvalue weighted by Crippen LogP contribution is 2.24. The number of carbonyl (C=O) groups is 1. The zero-order valence-corrected chi connectivity index (χ0v) is 11.9. The van der Waals surface area contributed by atoms with Gasteiger partial charge in [-0.25, -0.2) is 0 Å². The van der Waals surface area contributed by atoms with Crippen molar-refractivity contribution in [3.05, 3.63) is 42.1 Å². The minimum absolute atomic E-state index is 0. The van der Waals surface area contributed by atoms with Gasteiger partial charge >= 0.3 is 0 Å². The van der Waals surface area contributed by atoms with E-state index < -0.39 is 0 Å². The lowest BCUT2D eigenvalue weighted by Gasteiger charge is -2.25. The Balaban J connectivity index is 0.00000200. The number of hydrogen-bond donors (Lipinski definition) is 0. The second-order valence-electron chi connectivity index (χ2n) is 5.38. The number of nitrogens with zero attached hydrogens (tertiary/aromatic N) is 2. The lowest BCUT2D eigenvalue weighted by molar-refractivity contribution is -0.126. The molecule has 1 unspecified atom stereocenters. The van der Waals surface area contributed by atoms with Crippen LogP contribution < -0.4 is 0 Å². The molecule has 0 fully saturated rings. The largest absolute Gasteiger partial charge is 0.297 e. The summed E-state index contributed by atoms with van der Waals surface area (Å²) in [5.41, 5.74) is 1.92. The predicted octanol–water partition coefficient (Wildman–Crippen LogP) is 3.70. The van der Waals surface area contributed by atoms with Gasteiger partial charge in [-0.05, 0) is 31.8 Å². The van der Waals surface area contributed by atoms with Crippen LogP contribution in [0, 0.1) is 5.92 Å². The first-order valence-electron chi connectivity index (χ1n) is 6.55. The van der Waals surface area contributed by atoms with E-state index in [0.717, 1.165) is 16.5 Å². The minimum Gasteiger partial charge on any atom is -0.297 e. The molecule has 0 N–H and O–H groups in total. The highest BCUT2D eigenvalue weighted by atomic mass is 16.1. The molecule has 1 heterocycles. The first-order chi connectivity index (χ1) is 9.00. The lowest BCUT2D eigenvalue weighted by Crippen LogP contribution is -2.30. The van der Waals surface area contributed by atoms with Gasteiger partial charge in [-0.1, -0.05) is 39.5 Å². The molecule has 0 radical (unpaired) electrons. The molecule has 0 saturated carbocycles. The summed E-state index contributed by atoms with van der Waals surface area (Å²) in [5, 5.41) is 1.07. The van der Waals surface area contributed by atoms with E-state index in [4.69, 9.17) is 0 Å². The molecule has 1 aromatic heterocycles. The van der Waals surface area contributed by atoms with Crippen LogP contribution in [0.1, 0.15) is 32.9 Å². The van der Waals surface area contributed by atoms with Gasteiger partial charge in [0.05, 0.1) is 11.6 Å². The summed E-state index contributed by atoms with van der Waals surface area (Å²) < 4.78 is 0. The van der Waals surface area contributed by atoms with Crippen LogP contribution in [0.3, 0.4) is 0 Å².